The zero-order valence-electron chi connectivity index (χ0n) is 17.7. The van der Waals surface area contributed by atoms with Gasteiger partial charge in [-0.25, -0.2) is 4.79 Å². The average Bonchev–Trinajstić information content (AvgIpc) is 3.05. The summed E-state index contributed by atoms with van der Waals surface area (Å²) in [5.74, 6) is -0.722. The highest BCUT2D eigenvalue weighted by molar-refractivity contribution is 6.03. The summed E-state index contributed by atoms with van der Waals surface area (Å²) >= 11 is 0. The molecule has 168 valence electrons. The molecule has 2 atom stereocenters. The monoisotopic (exact) mass is 438 g/mol. The molecule has 1 aromatic carbocycles. The number of carbonyl (C=O) groups excluding carboxylic acids is 3. The van der Waals surface area contributed by atoms with Crippen molar-refractivity contribution in [1.29, 1.82) is 0 Å². The molecule has 3 rings (SSSR count). The first-order valence-corrected chi connectivity index (χ1v) is 9.95. The van der Waals surface area contributed by atoms with Crippen molar-refractivity contribution in [2.75, 3.05) is 20.1 Å². The highest BCUT2D eigenvalue weighted by atomic mass is 19.4. The van der Waals surface area contributed by atoms with Crippen LogP contribution in [0.5, 0.6) is 0 Å². The van der Waals surface area contributed by atoms with Gasteiger partial charge in [0.2, 0.25) is 5.91 Å². The Morgan fingerprint density at radius 1 is 1.23 bits per heavy atom. The summed E-state index contributed by atoms with van der Waals surface area (Å²) in [4.78, 5) is 40.7. The topological polar surface area (TPSA) is 81.8 Å². The molecule has 0 radical (unpaired) electrons. The van der Waals surface area contributed by atoms with Crippen molar-refractivity contribution in [3.63, 3.8) is 0 Å². The number of likely N-dealkylation sites (N-methyl/N-ethyl adjacent to an activating group) is 1. The van der Waals surface area contributed by atoms with Gasteiger partial charge in [0, 0.05) is 13.6 Å². The molecule has 2 aliphatic rings. The number of nitrogens with one attached hydrogen (secondary N) is 2. The number of amides is 4. The average molecular weight is 438 g/mol. The molecule has 2 aliphatic heterocycles. The van der Waals surface area contributed by atoms with Crippen molar-refractivity contribution in [2.24, 2.45) is 5.92 Å². The van der Waals surface area contributed by atoms with Crippen molar-refractivity contribution < 1.29 is 27.6 Å². The molecule has 0 saturated carbocycles. The lowest BCUT2D eigenvalue weighted by Crippen LogP contribution is -2.47. The molecule has 0 aliphatic carbocycles. The van der Waals surface area contributed by atoms with Crippen molar-refractivity contribution in [2.45, 2.75) is 39.0 Å². The van der Waals surface area contributed by atoms with E-state index in [4.69, 9.17) is 0 Å². The molecule has 0 spiro atoms. The number of rotatable bonds is 5. The molecule has 7 nitrogen and oxygen atoms in total. The smallest absolute Gasteiger partial charge is 0.354 e. The van der Waals surface area contributed by atoms with E-state index in [0.717, 1.165) is 6.07 Å². The van der Waals surface area contributed by atoms with Crippen molar-refractivity contribution >= 4 is 17.8 Å². The molecule has 4 amide bonds. The maximum absolute atomic E-state index is 13.6. The van der Waals surface area contributed by atoms with E-state index >= 15 is 0 Å². The molecule has 31 heavy (non-hydrogen) atoms. The normalized spacial score (nSPS) is 20.2. The van der Waals surface area contributed by atoms with Crippen LogP contribution < -0.4 is 10.6 Å². The van der Waals surface area contributed by atoms with E-state index in [9.17, 15) is 27.6 Å². The summed E-state index contributed by atoms with van der Waals surface area (Å²) in [7, 11) is 1.44. The van der Waals surface area contributed by atoms with Crippen LogP contribution in [0.15, 0.2) is 35.5 Å². The van der Waals surface area contributed by atoms with E-state index in [1.54, 1.807) is 6.92 Å². The molecule has 0 aromatic heterocycles. The third-order valence-corrected chi connectivity index (χ3v) is 5.50. The number of benzene rings is 1. The Labute approximate surface area is 178 Å². The van der Waals surface area contributed by atoms with Gasteiger partial charge in [-0.3, -0.25) is 14.5 Å². The van der Waals surface area contributed by atoms with Crippen molar-refractivity contribution in [1.82, 2.24) is 20.4 Å². The van der Waals surface area contributed by atoms with Crippen LogP contribution in [0, 0.1) is 5.92 Å². The number of nitrogens with zero attached hydrogens (tertiary/aromatic N) is 2. The second-order valence-corrected chi connectivity index (χ2v) is 8.13. The van der Waals surface area contributed by atoms with E-state index in [0.29, 0.717) is 12.2 Å². The Kier molecular flexibility index (Phi) is 6.02. The van der Waals surface area contributed by atoms with Gasteiger partial charge in [-0.15, -0.1) is 0 Å². The van der Waals surface area contributed by atoms with Gasteiger partial charge in [0.05, 0.1) is 29.4 Å². The van der Waals surface area contributed by atoms with E-state index in [-0.39, 0.29) is 29.5 Å². The summed E-state index contributed by atoms with van der Waals surface area (Å²) in [5.41, 5.74) is -0.803. The maximum atomic E-state index is 13.6. The van der Waals surface area contributed by atoms with Crippen molar-refractivity contribution in [3.8, 4) is 0 Å². The van der Waals surface area contributed by atoms with Gasteiger partial charge in [-0.2, -0.15) is 13.2 Å². The first-order chi connectivity index (χ1) is 14.4. The maximum Gasteiger partial charge on any atom is 0.416 e. The van der Waals surface area contributed by atoms with Gasteiger partial charge in [0.25, 0.3) is 5.91 Å². The summed E-state index contributed by atoms with van der Waals surface area (Å²) in [5, 5.41) is 5.26. The van der Waals surface area contributed by atoms with Gasteiger partial charge in [0.15, 0.2) is 0 Å². The lowest BCUT2D eigenvalue weighted by molar-refractivity contribution is -0.138. The number of hydrogen-bond donors (Lipinski definition) is 2. The zero-order valence-corrected chi connectivity index (χ0v) is 17.7. The van der Waals surface area contributed by atoms with E-state index < -0.39 is 35.8 Å². The molecule has 10 heteroatoms. The summed E-state index contributed by atoms with van der Waals surface area (Å²) < 4.78 is 40.8. The Morgan fingerprint density at radius 3 is 2.48 bits per heavy atom. The van der Waals surface area contributed by atoms with E-state index in [1.165, 1.54) is 35.0 Å². The van der Waals surface area contributed by atoms with E-state index in [2.05, 4.69) is 10.6 Å². The summed E-state index contributed by atoms with van der Waals surface area (Å²) in [6.45, 7) is 5.81. The Bertz CT molecular complexity index is 942. The SMILES string of the molecule is CC(C)CNC(=O)C(C)N1CC2=C(C1=O)C(c1ccccc1C(F)(F)F)NC(=O)N2C. The Balaban J connectivity index is 1.97. The molecule has 0 fully saturated rings. The highest BCUT2D eigenvalue weighted by Gasteiger charge is 2.47. The van der Waals surface area contributed by atoms with Crippen LogP contribution in [0.1, 0.15) is 37.9 Å². The van der Waals surface area contributed by atoms with Crippen LogP contribution in [0.25, 0.3) is 0 Å². The third-order valence-electron chi connectivity index (χ3n) is 5.50. The van der Waals surface area contributed by atoms with Gasteiger partial charge in [0.1, 0.15) is 6.04 Å². The fourth-order valence-corrected chi connectivity index (χ4v) is 3.74. The number of hydrogen-bond acceptors (Lipinski definition) is 3. The molecule has 0 bridgehead atoms. The lowest BCUT2D eigenvalue weighted by atomic mass is 9.91. The zero-order chi connectivity index (χ0) is 23.1. The highest BCUT2D eigenvalue weighted by Crippen LogP contribution is 2.41. The number of halogens is 3. The van der Waals surface area contributed by atoms with Gasteiger partial charge < -0.3 is 15.5 Å². The van der Waals surface area contributed by atoms with Gasteiger partial charge in [-0.05, 0) is 24.5 Å². The minimum atomic E-state index is -4.66. The fourth-order valence-electron chi connectivity index (χ4n) is 3.74. The summed E-state index contributed by atoms with van der Waals surface area (Å²) in [6, 6.07) is 2.11. The quantitative estimate of drug-likeness (QED) is 0.742. The molecule has 2 unspecified atom stereocenters. The fraction of sp³-hybridized carbons (Fsp3) is 0.476. The van der Waals surface area contributed by atoms with Crippen LogP contribution >= 0.6 is 0 Å². The van der Waals surface area contributed by atoms with Gasteiger partial charge in [-0.1, -0.05) is 32.0 Å². The van der Waals surface area contributed by atoms with Crippen LogP contribution in [0.4, 0.5) is 18.0 Å². The first-order valence-electron chi connectivity index (χ1n) is 9.95. The largest absolute Gasteiger partial charge is 0.416 e. The molecule has 2 heterocycles. The third kappa shape index (κ3) is 4.24. The second-order valence-electron chi connectivity index (χ2n) is 8.13. The Morgan fingerprint density at radius 2 is 1.87 bits per heavy atom. The molecule has 0 saturated heterocycles. The Hall–Kier alpha value is -3.04. The van der Waals surface area contributed by atoms with Crippen LogP contribution in [0.2, 0.25) is 0 Å². The second kappa shape index (κ2) is 8.24. The molecule has 1 aromatic rings. The van der Waals surface area contributed by atoms with Crippen LogP contribution in [0.3, 0.4) is 0 Å². The molecular weight excluding hydrogens is 413 g/mol. The predicted octanol–water partition coefficient (Wildman–Crippen LogP) is 2.66. The minimum absolute atomic E-state index is 0.0426. The number of alkyl halides is 3. The van der Waals surface area contributed by atoms with E-state index in [1.807, 2.05) is 13.8 Å². The standard InChI is InChI=1S/C21H25F3N4O3/c1-11(2)9-25-18(29)12(3)28-10-15-16(19(28)30)17(26-20(31)27(15)4)13-7-5-6-8-14(13)21(22,23)24/h5-8,11-12,17H,9-10H2,1-4H3,(H,25,29)(H,26,31). The lowest BCUT2D eigenvalue weighted by Gasteiger charge is -2.32. The van der Waals surface area contributed by atoms with Gasteiger partial charge >= 0.3 is 12.2 Å². The van der Waals surface area contributed by atoms with Crippen molar-refractivity contribution in [3.05, 3.63) is 46.7 Å². The number of carbonyl (C=O) groups is 3. The van der Waals surface area contributed by atoms with Crippen LogP contribution in [-0.2, 0) is 15.8 Å². The molecular formula is C21H25F3N4O3. The molecule has 2 N–H and O–H groups in total. The number of urea groups is 1. The summed E-state index contributed by atoms with van der Waals surface area (Å²) in [6.07, 6.45) is -4.66. The first kappa shape index (κ1) is 22.6. The van der Waals surface area contributed by atoms with Crippen LogP contribution in [-0.4, -0.2) is 53.8 Å². The minimum Gasteiger partial charge on any atom is -0.354 e. The predicted molar refractivity (Wildman–Crippen MR) is 107 cm³/mol.